The van der Waals surface area contributed by atoms with Crippen LogP contribution in [-0.2, 0) is 0 Å². The van der Waals surface area contributed by atoms with E-state index in [2.05, 4.69) is 0 Å². The second-order valence-electron chi connectivity index (χ2n) is 20.6. The smallest absolute Gasteiger partial charge is 0.0231 e. The average molecular weight is 503 g/mol. The maximum atomic E-state index is 5.74. The molecule has 0 radical (unpaired) electrons. The summed E-state index contributed by atoms with van der Waals surface area (Å²) >= 11 is 5.74. The van der Waals surface area contributed by atoms with Gasteiger partial charge in [-0.15, -0.1) is 0 Å². The van der Waals surface area contributed by atoms with Gasteiger partial charge < -0.3 is 0 Å². The SMILES string of the molecule is SC12C3C4C5C6CC6C5C4C3C1C1C3C4C5C6C7C8C9C%10C%11C%12C%13CC%13C%12C%11C%10C9C8C7C6C5C4C3C12. The van der Waals surface area contributed by atoms with Crippen molar-refractivity contribution in [3.8, 4) is 0 Å². The highest BCUT2D eigenvalue weighted by molar-refractivity contribution is 7.82. The summed E-state index contributed by atoms with van der Waals surface area (Å²) in [5.74, 6) is 41.8. The summed E-state index contributed by atoms with van der Waals surface area (Å²) in [6.07, 6.45) is 3.35. The second-order valence-corrected chi connectivity index (χ2v) is 21.4. The van der Waals surface area contributed by atoms with E-state index in [-0.39, 0.29) is 0 Å². The molecule has 0 bridgehead atoms. The molecule has 18 aliphatic carbocycles. The molecule has 0 nitrogen and oxygen atoms in total. The zero-order valence-corrected chi connectivity index (χ0v) is 22.3. The molecule has 0 heterocycles. The number of thiol groups is 1. The van der Waals surface area contributed by atoms with Crippen LogP contribution < -0.4 is 0 Å². The molecule has 0 aromatic heterocycles. The van der Waals surface area contributed by atoms with E-state index in [1.807, 2.05) is 0 Å². The van der Waals surface area contributed by atoms with Gasteiger partial charge in [-0.3, -0.25) is 0 Å². The predicted molar refractivity (Wildman–Crippen MR) is 136 cm³/mol. The molecule has 18 aliphatic rings. The maximum absolute atomic E-state index is 5.74. The fourth-order valence-corrected chi connectivity index (χ4v) is 24.3. The van der Waals surface area contributed by atoms with Crippen molar-refractivity contribution in [3.05, 3.63) is 0 Å². The van der Waals surface area contributed by atoms with Crippen LogP contribution in [0.2, 0.25) is 0 Å². The molecule has 18 rings (SSSR count). The molecule has 37 heavy (non-hydrogen) atoms. The van der Waals surface area contributed by atoms with Crippen molar-refractivity contribution in [1.29, 1.82) is 0 Å². The summed E-state index contributed by atoms with van der Waals surface area (Å²) in [5.41, 5.74) is 0. The molecule has 18 saturated carbocycles. The van der Waals surface area contributed by atoms with E-state index in [0.717, 1.165) is 17.8 Å². The monoisotopic (exact) mass is 502 g/mol. The van der Waals surface area contributed by atoms with Crippen molar-refractivity contribution in [2.24, 2.45) is 195 Å². The molecule has 34 atom stereocenters. The Morgan fingerprint density at radius 1 is 0.270 bits per heavy atom. The zero-order chi connectivity index (χ0) is 22.0. The Morgan fingerprint density at radius 3 is 0.892 bits per heavy atom. The highest BCUT2D eigenvalue weighted by Crippen LogP contribution is 3.02. The maximum Gasteiger partial charge on any atom is 0.0231 e. The minimum Gasteiger partial charge on any atom is -0.172 e. The van der Waals surface area contributed by atoms with E-state index in [0.29, 0.717) is 4.75 Å². The van der Waals surface area contributed by atoms with E-state index in [4.69, 9.17) is 12.6 Å². The van der Waals surface area contributed by atoms with Crippen molar-refractivity contribution >= 4 is 12.6 Å². The van der Waals surface area contributed by atoms with E-state index in [1.54, 1.807) is 12.8 Å². The molecule has 0 N–H and O–H groups in total. The van der Waals surface area contributed by atoms with Gasteiger partial charge in [0.2, 0.25) is 0 Å². The van der Waals surface area contributed by atoms with E-state index in [9.17, 15) is 0 Å². The molecular weight excluding hydrogens is 464 g/mol. The first-order valence-corrected chi connectivity index (χ1v) is 18.5. The molecule has 1 heteroatoms. The van der Waals surface area contributed by atoms with Gasteiger partial charge in [0.1, 0.15) is 0 Å². The first-order chi connectivity index (χ1) is 18.3. The van der Waals surface area contributed by atoms with Crippen molar-refractivity contribution in [2.45, 2.75) is 17.6 Å². The van der Waals surface area contributed by atoms with Crippen LogP contribution in [0.15, 0.2) is 0 Å². The van der Waals surface area contributed by atoms with Crippen LogP contribution in [0.1, 0.15) is 12.8 Å². The summed E-state index contributed by atoms with van der Waals surface area (Å²) in [6.45, 7) is 0. The van der Waals surface area contributed by atoms with Gasteiger partial charge in [0.05, 0.1) is 0 Å². The number of rotatable bonds is 0. The predicted octanol–water partition coefficient (Wildman–Crippen LogP) is 5.01. The molecule has 0 spiro atoms. The third kappa shape index (κ3) is 1.01. The first kappa shape index (κ1) is 16.7. The molecule has 0 amide bonds. The van der Waals surface area contributed by atoms with E-state index in [1.165, 1.54) is 178 Å². The third-order valence-electron chi connectivity index (χ3n) is 23.0. The summed E-state index contributed by atoms with van der Waals surface area (Å²) in [6, 6.07) is 0. The summed E-state index contributed by atoms with van der Waals surface area (Å²) in [5, 5.41) is 0. The fourth-order valence-electron chi connectivity index (χ4n) is 23.3. The van der Waals surface area contributed by atoms with Gasteiger partial charge in [0.25, 0.3) is 0 Å². The lowest BCUT2D eigenvalue weighted by Gasteiger charge is -3.01. The Bertz CT molecular complexity index is 1450. The highest BCUT2D eigenvalue weighted by atomic mass is 32.1. The lowest BCUT2D eigenvalue weighted by molar-refractivity contribution is -0.530. The minimum atomic E-state index is 0.594. The number of fused-ring (bicyclic) bond motifs is 49. The second kappa shape index (κ2) is 3.94. The Kier molecular flexibility index (Phi) is 1.78. The normalized spacial score (nSPS) is 103. The summed E-state index contributed by atoms with van der Waals surface area (Å²) < 4.78 is 0.594. The molecule has 0 aliphatic heterocycles. The van der Waals surface area contributed by atoms with Crippen molar-refractivity contribution in [3.63, 3.8) is 0 Å². The minimum absolute atomic E-state index is 0.594. The van der Waals surface area contributed by atoms with Crippen LogP contribution in [0, 0.1) is 195 Å². The van der Waals surface area contributed by atoms with Crippen molar-refractivity contribution in [1.82, 2.24) is 0 Å². The van der Waals surface area contributed by atoms with Crippen LogP contribution >= 0.6 is 12.6 Å². The Hall–Kier alpha value is 0.350. The molecule has 0 saturated heterocycles. The van der Waals surface area contributed by atoms with E-state index < -0.39 is 0 Å². The quantitative estimate of drug-likeness (QED) is 0.349. The average Bonchev–Trinajstić information content (AvgIpc) is 3.72. The van der Waals surface area contributed by atoms with Crippen LogP contribution in [0.4, 0.5) is 0 Å². The zero-order valence-electron chi connectivity index (χ0n) is 21.4. The fraction of sp³-hybridized carbons (Fsp3) is 1.00. The molecule has 0 aromatic carbocycles. The summed E-state index contributed by atoms with van der Waals surface area (Å²) in [7, 11) is 0. The Labute approximate surface area is 225 Å². The highest BCUT2D eigenvalue weighted by Gasteiger charge is 3.00. The molecule has 34 unspecified atom stereocenters. The van der Waals surface area contributed by atoms with Gasteiger partial charge in [-0.2, -0.15) is 12.6 Å². The van der Waals surface area contributed by atoms with Gasteiger partial charge in [-0.05, 0) is 208 Å². The lowest BCUT2D eigenvalue weighted by atomic mass is 9.04. The largest absolute Gasteiger partial charge is 0.172 e. The standard InChI is InChI=1S/C36H38S/c37-36-33-29-10-6-2-5(6)9(10)13(29)31(33)35(36)32-28-26-24-22-20-18-16-14-11-7-3-1-4(3)8(7)12(11)15(14)17(16)19(18)21(20)23(22)25(24)27(26)30(28)34(32)36/h3-35,37H,1-2H2. The van der Waals surface area contributed by atoms with Crippen molar-refractivity contribution in [2.75, 3.05) is 0 Å². The van der Waals surface area contributed by atoms with Gasteiger partial charge in [0, 0.05) is 4.75 Å². The van der Waals surface area contributed by atoms with Crippen molar-refractivity contribution < 1.29 is 0 Å². The van der Waals surface area contributed by atoms with Crippen LogP contribution in [0.3, 0.4) is 0 Å². The first-order valence-electron chi connectivity index (χ1n) is 18.1. The number of hydrogen-bond donors (Lipinski definition) is 1. The van der Waals surface area contributed by atoms with Crippen LogP contribution in [-0.4, -0.2) is 4.75 Å². The van der Waals surface area contributed by atoms with Crippen LogP contribution in [0.25, 0.3) is 0 Å². The Morgan fingerprint density at radius 2 is 0.486 bits per heavy atom. The Balaban J connectivity index is 0.670. The van der Waals surface area contributed by atoms with Gasteiger partial charge in [-0.25, -0.2) is 0 Å². The molecule has 18 fully saturated rings. The number of hydrogen-bond acceptors (Lipinski definition) is 1. The summed E-state index contributed by atoms with van der Waals surface area (Å²) in [4.78, 5) is 0. The van der Waals surface area contributed by atoms with Gasteiger partial charge >= 0.3 is 0 Å². The van der Waals surface area contributed by atoms with Gasteiger partial charge in [0.15, 0.2) is 0 Å². The molecule has 188 valence electrons. The topological polar surface area (TPSA) is 0 Å². The molecular formula is C36H38S. The van der Waals surface area contributed by atoms with E-state index >= 15 is 0 Å². The third-order valence-corrected chi connectivity index (χ3v) is 23.9. The molecule has 0 aromatic rings. The lowest BCUT2D eigenvalue weighted by Crippen LogP contribution is -2.99. The van der Waals surface area contributed by atoms with Crippen LogP contribution in [0.5, 0.6) is 0 Å². The van der Waals surface area contributed by atoms with Gasteiger partial charge in [-0.1, -0.05) is 0 Å².